The van der Waals surface area contributed by atoms with Crippen molar-refractivity contribution in [2.24, 2.45) is 4.99 Å². The lowest BCUT2D eigenvalue weighted by Crippen LogP contribution is -2.40. The first-order valence-electron chi connectivity index (χ1n) is 14.2. The third-order valence-electron chi connectivity index (χ3n) is 6.76. The fourth-order valence-electron chi connectivity index (χ4n) is 4.71. The van der Waals surface area contributed by atoms with E-state index >= 15 is 0 Å². The highest BCUT2D eigenvalue weighted by atomic mass is 32.1. The van der Waals surface area contributed by atoms with E-state index in [1.807, 2.05) is 64.2 Å². The molecule has 0 atom stereocenters. The van der Waals surface area contributed by atoms with Crippen LogP contribution in [0.15, 0.2) is 65.1 Å². The van der Waals surface area contributed by atoms with Crippen molar-refractivity contribution in [3.8, 4) is 5.75 Å². The molecule has 1 aromatic heterocycles. The van der Waals surface area contributed by atoms with Gasteiger partial charge in [0.15, 0.2) is 0 Å². The van der Waals surface area contributed by atoms with Crippen molar-refractivity contribution in [3.63, 3.8) is 0 Å². The van der Waals surface area contributed by atoms with Crippen LogP contribution in [0.25, 0.3) is 5.57 Å². The quantitative estimate of drug-likeness (QED) is 0.300. The van der Waals surface area contributed by atoms with E-state index in [0.717, 1.165) is 62.5 Å². The Kier molecular flexibility index (Phi) is 9.87. The molecule has 7 nitrogen and oxygen atoms in total. The number of carbonyl (C=O) groups is 1. The molecule has 2 aliphatic heterocycles. The zero-order chi connectivity index (χ0) is 28.7. The number of ether oxygens (including phenoxy) is 1. The number of benzene rings is 1. The minimum absolute atomic E-state index is 0.0339. The molecule has 0 bridgehead atoms. The monoisotopic (exact) mass is 561 g/mol. The normalized spacial score (nSPS) is 17.1. The minimum Gasteiger partial charge on any atom is -0.492 e. The van der Waals surface area contributed by atoms with E-state index in [9.17, 15) is 4.79 Å². The van der Waals surface area contributed by atoms with Gasteiger partial charge in [0.2, 0.25) is 0 Å². The smallest absolute Gasteiger partial charge is 0.262 e. The number of nitrogens with zero attached hydrogens (tertiary/aromatic N) is 2. The van der Waals surface area contributed by atoms with E-state index in [0.29, 0.717) is 6.61 Å². The second kappa shape index (κ2) is 13.3. The number of carbonyl (C=O) groups excluding carboxylic acids is 1. The Morgan fingerprint density at radius 1 is 1.15 bits per heavy atom. The van der Waals surface area contributed by atoms with Crippen LogP contribution in [0, 0.1) is 6.92 Å². The summed E-state index contributed by atoms with van der Waals surface area (Å²) < 4.78 is 5.96. The Labute approximate surface area is 243 Å². The maximum atomic E-state index is 12.8. The Morgan fingerprint density at radius 2 is 1.88 bits per heavy atom. The number of hydrogen-bond donors (Lipinski definition) is 3. The standard InChI is InChI=1S/C32H43N5O2S/c1-7-10-28(34-24-11-13-25(14-12-24)39-20-19-37-17-8-9-18-37)35-30-26(15-16-33-30)23(3)27-21-22(2)29(40-27)31(38)36-32(4,5)6/h10-16,21,34H,7-9,17-20H2,1-6H3,(H,33,35)(H,36,38)/b26-23+,28-10+. The number of aryl methyl sites for hydroxylation is 1. The van der Waals surface area contributed by atoms with Gasteiger partial charge in [-0.3, -0.25) is 9.69 Å². The van der Waals surface area contributed by atoms with Gasteiger partial charge in [0, 0.05) is 34.4 Å². The summed E-state index contributed by atoms with van der Waals surface area (Å²) in [6, 6.07) is 10.2. The molecule has 0 aliphatic carbocycles. The van der Waals surface area contributed by atoms with Crippen molar-refractivity contribution in [2.45, 2.75) is 66.3 Å². The van der Waals surface area contributed by atoms with Gasteiger partial charge in [-0.15, -0.1) is 11.3 Å². The number of allylic oxidation sites excluding steroid dienone is 2. The number of aliphatic imine (C=N–C) groups is 1. The fourth-order valence-corrected chi connectivity index (χ4v) is 5.80. The zero-order valence-electron chi connectivity index (χ0n) is 24.7. The number of rotatable bonds is 10. The molecule has 8 heteroatoms. The molecule has 4 rings (SSSR count). The lowest BCUT2D eigenvalue weighted by atomic mass is 10.1. The highest BCUT2D eigenvalue weighted by Crippen LogP contribution is 2.32. The summed E-state index contributed by atoms with van der Waals surface area (Å²) in [5.74, 6) is 2.49. The summed E-state index contributed by atoms with van der Waals surface area (Å²) in [4.78, 5) is 21.7. The van der Waals surface area contributed by atoms with Gasteiger partial charge in [-0.25, -0.2) is 4.99 Å². The van der Waals surface area contributed by atoms with Crippen LogP contribution in [0.3, 0.4) is 0 Å². The Bertz CT molecular complexity index is 1310. The molecule has 3 heterocycles. The van der Waals surface area contributed by atoms with Gasteiger partial charge in [-0.05, 0) is 121 Å². The van der Waals surface area contributed by atoms with Crippen LogP contribution in [0.5, 0.6) is 5.75 Å². The number of thiophene rings is 1. The molecule has 1 fully saturated rings. The molecule has 1 aromatic carbocycles. The molecule has 1 amide bonds. The number of nitrogens with one attached hydrogen (secondary N) is 3. The second-order valence-corrected chi connectivity index (χ2v) is 12.4. The summed E-state index contributed by atoms with van der Waals surface area (Å²) in [6.45, 7) is 16.2. The minimum atomic E-state index is -0.283. The lowest BCUT2D eigenvalue weighted by molar-refractivity contribution is 0.0923. The maximum absolute atomic E-state index is 12.8. The summed E-state index contributed by atoms with van der Waals surface area (Å²) in [5.41, 5.74) is 3.75. The molecule has 0 spiro atoms. The summed E-state index contributed by atoms with van der Waals surface area (Å²) in [5, 5.41) is 10.1. The van der Waals surface area contributed by atoms with E-state index in [4.69, 9.17) is 4.74 Å². The van der Waals surface area contributed by atoms with Gasteiger partial charge >= 0.3 is 0 Å². The summed E-state index contributed by atoms with van der Waals surface area (Å²) in [7, 11) is 0. The van der Waals surface area contributed by atoms with Crippen molar-refractivity contribution < 1.29 is 9.53 Å². The van der Waals surface area contributed by atoms with Crippen LogP contribution in [0.1, 0.15) is 74.0 Å². The first-order valence-corrected chi connectivity index (χ1v) is 15.0. The van der Waals surface area contributed by atoms with Crippen LogP contribution in [0.2, 0.25) is 0 Å². The molecule has 40 heavy (non-hydrogen) atoms. The number of anilines is 1. The number of amidine groups is 1. The second-order valence-electron chi connectivity index (χ2n) is 11.4. The van der Waals surface area contributed by atoms with Crippen molar-refractivity contribution in [3.05, 3.63) is 75.4 Å². The maximum Gasteiger partial charge on any atom is 0.262 e. The van der Waals surface area contributed by atoms with Crippen molar-refractivity contribution in [1.82, 2.24) is 15.5 Å². The molecule has 2 aliphatic rings. The average Bonchev–Trinajstić information content (AvgIpc) is 3.65. The highest BCUT2D eigenvalue weighted by Gasteiger charge is 2.22. The Morgan fingerprint density at radius 3 is 2.55 bits per heavy atom. The van der Waals surface area contributed by atoms with Crippen molar-refractivity contribution >= 4 is 34.3 Å². The predicted octanol–water partition coefficient (Wildman–Crippen LogP) is 6.71. The van der Waals surface area contributed by atoms with Gasteiger partial charge in [-0.1, -0.05) is 6.92 Å². The van der Waals surface area contributed by atoms with Crippen molar-refractivity contribution in [2.75, 3.05) is 31.6 Å². The molecule has 0 unspecified atom stereocenters. The van der Waals surface area contributed by atoms with E-state index in [1.54, 1.807) is 0 Å². The van der Waals surface area contributed by atoms with Crippen LogP contribution >= 0.6 is 11.3 Å². The summed E-state index contributed by atoms with van der Waals surface area (Å²) in [6.07, 6.45) is 9.39. The molecule has 2 aromatic rings. The molecular weight excluding hydrogens is 518 g/mol. The molecule has 0 saturated carbocycles. The Hall–Kier alpha value is -3.36. The topological polar surface area (TPSA) is 78.0 Å². The van der Waals surface area contributed by atoms with E-state index in [-0.39, 0.29) is 11.4 Å². The van der Waals surface area contributed by atoms with Gasteiger partial charge < -0.3 is 20.7 Å². The molecule has 214 valence electrons. The third-order valence-corrected chi connectivity index (χ3v) is 8.11. The van der Waals surface area contributed by atoms with Gasteiger partial charge in [-0.2, -0.15) is 0 Å². The zero-order valence-corrected chi connectivity index (χ0v) is 25.5. The van der Waals surface area contributed by atoms with E-state index < -0.39 is 0 Å². The predicted molar refractivity (Wildman–Crippen MR) is 168 cm³/mol. The van der Waals surface area contributed by atoms with Crippen molar-refractivity contribution in [1.29, 1.82) is 0 Å². The third kappa shape index (κ3) is 8.08. The molecular formula is C32H43N5O2S. The highest BCUT2D eigenvalue weighted by molar-refractivity contribution is 7.15. The van der Waals surface area contributed by atoms with Gasteiger partial charge in [0.25, 0.3) is 5.91 Å². The first-order chi connectivity index (χ1) is 19.1. The number of amides is 1. The largest absolute Gasteiger partial charge is 0.492 e. The van der Waals surface area contributed by atoms with E-state index in [1.165, 1.54) is 37.3 Å². The van der Waals surface area contributed by atoms with Crippen LogP contribution in [-0.2, 0) is 0 Å². The Balaban J connectivity index is 1.41. The number of likely N-dealkylation sites (tertiary alicyclic amines) is 1. The molecule has 0 radical (unpaired) electrons. The van der Waals surface area contributed by atoms with Gasteiger partial charge in [0.05, 0.1) is 4.88 Å². The average molecular weight is 562 g/mol. The van der Waals surface area contributed by atoms with Crippen LogP contribution in [-0.4, -0.2) is 48.4 Å². The van der Waals surface area contributed by atoms with Crippen LogP contribution < -0.4 is 20.7 Å². The molecule has 1 saturated heterocycles. The van der Waals surface area contributed by atoms with Gasteiger partial charge in [0.1, 0.15) is 24.0 Å². The van der Waals surface area contributed by atoms with Crippen LogP contribution in [0.4, 0.5) is 5.69 Å². The molecule has 3 N–H and O–H groups in total. The SMILES string of the molecule is CC/C=C(/NC1=NC=C/C1=C(/C)c1cc(C)c(C(=O)NC(C)(C)C)s1)Nc1ccc(OCCN2CCCC2)cc1. The summed E-state index contributed by atoms with van der Waals surface area (Å²) >= 11 is 1.52. The first kappa shape index (κ1) is 29.6. The lowest BCUT2D eigenvalue weighted by Gasteiger charge is -2.20. The fraction of sp³-hybridized carbons (Fsp3) is 0.438. The van der Waals surface area contributed by atoms with E-state index in [2.05, 4.69) is 51.8 Å². The number of hydrogen-bond acceptors (Lipinski definition) is 7.